The highest BCUT2D eigenvalue weighted by Gasteiger charge is 2.21. The van der Waals surface area contributed by atoms with Crippen molar-refractivity contribution in [3.8, 4) is 0 Å². The van der Waals surface area contributed by atoms with Gasteiger partial charge in [0, 0.05) is 39.3 Å². The molecular weight excluding hydrogens is 811 g/mol. The zero-order chi connectivity index (χ0) is 48.2. The first-order valence-electron chi connectivity index (χ1n) is 30.0. The van der Waals surface area contributed by atoms with Crippen LogP contribution in [0.2, 0.25) is 0 Å². The minimum absolute atomic E-state index is 0.351. The van der Waals surface area contributed by atoms with Crippen molar-refractivity contribution in [2.75, 3.05) is 92.1 Å². The van der Waals surface area contributed by atoms with Crippen LogP contribution in [-0.2, 0) is 9.59 Å². The molecule has 0 aliphatic carbocycles. The highest BCUT2D eigenvalue weighted by atomic mass is 16.2. The quantitative estimate of drug-likeness (QED) is 0.0447. The lowest BCUT2D eigenvalue weighted by atomic mass is 10.1. The molecule has 7 nitrogen and oxygen atoms in total. The molecule has 394 valence electrons. The molecule has 0 unspecified atom stereocenters. The van der Waals surface area contributed by atoms with E-state index in [1.165, 1.54) is 257 Å². The van der Waals surface area contributed by atoms with Gasteiger partial charge in [0.15, 0.2) is 0 Å². The maximum atomic E-state index is 12.8. The summed E-state index contributed by atoms with van der Waals surface area (Å²) in [5, 5.41) is 0. The highest BCUT2D eigenvalue weighted by molar-refractivity contribution is 5.78. The Balaban J connectivity index is 0.00000132. The number of nitrogens with zero attached hydrogens (tertiary/aromatic N) is 5. The van der Waals surface area contributed by atoms with Gasteiger partial charge in [0.25, 0.3) is 0 Å². The third-order valence-electron chi connectivity index (χ3n) is 14.4. The molecule has 0 saturated carbocycles. The molecule has 0 spiro atoms. The molecule has 0 atom stereocenters. The topological polar surface area (TPSA) is 50.3 Å². The van der Waals surface area contributed by atoms with E-state index in [4.69, 9.17) is 0 Å². The zero-order valence-electron chi connectivity index (χ0n) is 46.2. The third kappa shape index (κ3) is 45.4. The number of rotatable bonds is 50. The first-order valence-corrected chi connectivity index (χ1v) is 30.0. The van der Waals surface area contributed by atoms with Crippen LogP contribution in [0.15, 0.2) is 0 Å². The fraction of sp³-hybridized carbons (Fsp3) is 0.966. The van der Waals surface area contributed by atoms with Crippen molar-refractivity contribution < 1.29 is 9.59 Å². The Kier molecular flexibility index (Phi) is 52.5. The van der Waals surface area contributed by atoms with Crippen LogP contribution in [0.25, 0.3) is 0 Å². The standard InChI is InChI=1S/C34H70N2O.C25H51N3O/c1-4-7-10-13-16-17-18-21-24-27-30-36(33-34-37)32-31-35(28-25-22-19-14-11-8-5-2)29-26-23-20-15-12-9-6-3;1-4-6-8-10-12-14-16-18-27(19-17-15-13-11-9-7-5-2)24-25(29)28-22-20-26(3)21-23-28/h34H,4-33H2,1-3H3;4-24H2,1-3H3. The van der Waals surface area contributed by atoms with Crippen molar-refractivity contribution in [3.63, 3.8) is 0 Å². The van der Waals surface area contributed by atoms with E-state index in [9.17, 15) is 9.59 Å². The van der Waals surface area contributed by atoms with Crippen LogP contribution in [0.5, 0.6) is 0 Å². The lowest BCUT2D eigenvalue weighted by molar-refractivity contribution is -0.134. The van der Waals surface area contributed by atoms with E-state index in [2.05, 4.69) is 66.2 Å². The number of likely N-dealkylation sites (N-methyl/N-ethyl adjacent to an activating group) is 1. The van der Waals surface area contributed by atoms with E-state index in [1.54, 1.807) is 0 Å². The van der Waals surface area contributed by atoms with E-state index in [0.717, 1.165) is 65.2 Å². The fourth-order valence-corrected chi connectivity index (χ4v) is 9.63. The summed E-state index contributed by atoms with van der Waals surface area (Å²) in [5.41, 5.74) is 0. The number of hydrogen-bond acceptors (Lipinski definition) is 6. The van der Waals surface area contributed by atoms with Crippen molar-refractivity contribution >= 4 is 12.2 Å². The van der Waals surface area contributed by atoms with Crippen molar-refractivity contribution in [1.82, 2.24) is 24.5 Å². The average Bonchev–Trinajstić information content (AvgIpc) is 3.32. The monoisotopic (exact) mass is 932 g/mol. The number of hydrogen-bond donors (Lipinski definition) is 0. The third-order valence-corrected chi connectivity index (χ3v) is 14.4. The molecule has 0 aromatic heterocycles. The molecule has 1 amide bonds. The maximum Gasteiger partial charge on any atom is 0.236 e. The van der Waals surface area contributed by atoms with Crippen LogP contribution in [-0.4, -0.2) is 129 Å². The Morgan fingerprint density at radius 2 is 0.606 bits per heavy atom. The Hall–Kier alpha value is -1.02. The number of carbonyl (C=O) groups excluding carboxylic acids is 2. The predicted molar refractivity (Wildman–Crippen MR) is 293 cm³/mol. The molecule has 0 aromatic carbocycles. The fourth-order valence-electron chi connectivity index (χ4n) is 9.63. The molecule has 0 bridgehead atoms. The van der Waals surface area contributed by atoms with Gasteiger partial charge >= 0.3 is 0 Å². The Morgan fingerprint density at radius 1 is 0.348 bits per heavy atom. The lowest BCUT2D eigenvalue weighted by Crippen LogP contribution is -2.50. The minimum Gasteiger partial charge on any atom is -0.339 e. The van der Waals surface area contributed by atoms with Crippen molar-refractivity contribution in [2.45, 2.75) is 279 Å². The Labute approximate surface area is 415 Å². The number of amides is 1. The predicted octanol–water partition coefficient (Wildman–Crippen LogP) is 15.8. The lowest BCUT2D eigenvalue weighted by Gasteiger charge is -2.34. The summed E-state index contributed by atoms with van der Waals surface area (Å²) >= 11 is 0. The summed E-state index contributed by atoms with van der Waals surface area (Å²) in [4.78, 5) is 36.1. The van der Waals surface area contributed by atoms with Crippen LogP contribution in [0.1, 0.15) is 279 Å². The van der Waals surface area contributed by atoms with Gasteiger partial charge in [0.05, 0.1) is 13.1 Å². The molecule has 1 aliphatic rings. The van der Waals surface area contributed by atoms with E-state index in [0.29, 0.717) is 19.0 Å². The van der Waals surface area contributed by atoms with Crippen molar-refractivity contribution in [3.05, 3.63) is 0 Å². The van der Waals surface area contributed by atoms with Crippen LogP contribution < -0.4 is 0 Å². The van der Waals surface area contributed by atoms with Crippen molar-refractivity contribution in [2.24, 2.45) is 0 Å². The largest absolute Gasteiger partial charge is 0.339 e. The van der Waals surface area contributed by atoms with E-state index in [-0.39, 0.29) is 0 Å². The summed E-state index contributed by atoms with van der Waals surface area (Å²) in [5.74, 6) is 0.351. The summed E-state index contributed by atoms with van der Waals surface area (Å²) in [7, 11) is 2.15. The van der Waals surface area contributed by atoms with Crippen LogP contribution in [0.3, 0.4) is 0 Å². The molecule has 66 heavy (non-hydrogen) atoms. The van der Waals surface area contributed by atoms with Crippen LogP contribution in [0.4, 0.5) is 0 Å². The zero-order valence-corrected chi connectivity index (χ0v) is 46.2. The molecule has 1 rings (SSSR count). The summed E-state index contributed by atoms with van der Waals surface area (Å²) in [6, 6.07) is 0. The van der Waals surface area contributed by atoms with Gasteiger partial charge in [-0.1, -0.05) is 247 Å². The molecule has 7 heteroatoms. The van der Waals surface area contributed by atoms with Gasteiger partial charge in [-0.05, 0) is 71.9 Å². The van der Waals surface area contributed by atoms with Crippen molar-refractivity contribution in [1.29, 1.82) is 0 Å². The molecule has 1 aliphatic heterocycles. The minimum atomic E-state index is 0.351. The summed E-state index contributed by atoms with van der Waals surface area (Å²) < 4.78 is 0. The molecule has 0 radical (unpaired) electrons. The molecule has 1 saturated heterocycles. The number of unbranched alkanes of at least 4 members (excludes halogenated alkanes) is 33. The second-order valence-electron chi connectivity index (χ2n) is 20.9. The Bertz CT molecular complexity index is 923. The van der Waals surface area contributed by atoms with Crippen LogP contribution in [0, 0.1) is 0 Å². The van der Waals surface area contributed by atoms with E-state index < -0.39 is 0 Å². The summed E-state index contributed by atoms with van der Waals surface area (Å²) in [6.45, 7) is 24.5. The molecule has 1 fully saturated rings. The van der Waals surface area contributed by atoms with E-state index >= 15 is 0 Å². The van der Waals surface area contributed by atoms with Gasteiger partial charge < -0.3 is 19.5 Å². The molecular formula is C59H121N5O2. The Morgan fingerprint density at radius 3 is 0.909 bits per heavy atom. The van der Waals surface area contributed by atoms with E-state index in [1.807, 2.05) is 0 Å². The maximum absolute atomic E-state index is 12.8. The average molecular weight is 933 g/mol. The highest BCUT2D eigenvalue weighted by Crippen LogP contribution is 2.14. The van der Waals surface area contributed by atoms with Gasteiger partial charge in [-0.3, -0.25) is 14.6 Å². The molecule has 0 aromatic rings. The van der Waals surface area contributed by atoms with Gasteiger partial charge in [-0.25, -0.2) is 0 Å². The second kappa shape index (κ2) is 53.3. The number of piperazine rings is 1. The van der Waals surface area contributed by atoms with Gasteiger partial charge in [0.1, 0.15) is 6.29 Å². The first-order chi connectivity index (χ1) is 32.4. The number of aldehydes is 1. The van der Waals surface area contributed by atoms with Crippen LogP contribution >= 0.6 is 0 Å². The van der Waals surface area contributed by atoms with Gasteiger partial charge in [-0.15, -0.1) is 0 Å². The first kappa shape index (κ1) is 65.0. The number of carbonyl (C=O) groups is 2. The molecule has 0 N–H and O–H groups in total. The normalized spacial score (nSPS) is 13.3. The van der Waals surface area contributed by atoms with Gasteiger partial charge in [-0.2, -0.15) is 0 Å². The smallest absolute Gasteiger partial charge is 0.236 e. The second-order valence-corrected chi connectivity index (χ2v) is 20.9. The molecule has 1 heterocycles. The van der Waals surface area contributed by atoms with Gasteiger partial charge in [0.2, 0.25) is 5.91 Å². The summed E-state index contributed by atoms with van der Waals surface area (Å²) in [6.07, 6.45) is 53.1. The SMILES string of the molecule is CCCCCCCCCCCCN(CC=O)CCN(CCCCCCCCC)CCCCCCCCC.CCCCCCCCCN(CCCCCCCCC)CC(=O)N1CCN(C)CC1.